The van der Waals surface area contributed by atoms with Crippen molar-refractivity contribution in [2.75, 3.05) is 44.7 Å². The average molecular weight is 480 g/mol. The molecule has 0 unspecified atom stereocenters. The van der Waals surface area contributed by atoms with Crippen molar-refractivity contribution >= 4 is 32.4 Å². The van der Waals surface area contributed by atoms with E-state index in [0.717, 1.165) is 22.2 Å². The molecule has 0 spiro atoms. The first kappa shape index (κ1) is 22.7. The van der Waals surface area contributed by atoms with Gasteiger partial charge in [0, 0.05) is 38.4 Å². The van der Waals surface area contributed by atoms with E-state index in [1.165, 1.54) is 4.31 Å². The number of piperazine rings is 1. The monoisotopic (exact) mass is 479 g/mol. The molecular weight excluding hydrogens is 450 g/mol. The standard InChI is InChI=1S/C26H29N3O4S/c1-33-23-11-9-22(10-12-23)27-15-17-28(18-16-27)26(30)25-7-4-14-29(25)34(31,32)24-13-8-20-5-2-3-6-21(20)19-24/h2-3,5-6,8-13,19,25H,4,7,14-18H2,1H3/t25-/m1/s1. The molecule has 2 aliphatic heterocycles. The maximum Gasteiger partial charge on any atom is 0.243 e. The molecule has 2 saturated heterocycles. The molecule has 2 fully saturated rings. The van der Waals surface area contributed by atoms with Crippen molar-refractivity contribution < 1.29 is 17.9 Å². The van der Waals surface area contributed by atoms with Crippen molar-refractivity contribution in [3.8, 4) is 5.75 Å². The Kier molecular flexibility index (Phi) is 6.18. The van der Waals surface area contributed by atoms with Crippen LogP contribution in [0.2, 0.25) is 0 Å². The third kappa shape index (κ3) is 4.23. The molecule has 1 amide bonds. The van der Waals surface area contributed by atoms with Gasteiger partial charge in [0.1, 0.15) is 11.8 Å². The highest BCUT2D eigenvalue weighted by atomic mass is 32.2. The summed E-state index contributed by atoms with van der Waals surface area (Å²) in [4.78, 5) is 17.7. The largest absolute Gasteiger partial charge is 0.497 e. The van der Waals surface area contributed by atoms with Gasteiger partial charge in [-0.05, 0) is 60.0 Å². The summed E-state index contributed by atoms with van der Waals surface area (Å²) in [7, 11) is -2.12. The molecule has 0 N–H and O–H groups in total. The second kappa shape index (κ2) is 9.27. The van der Waals surface area contributed by atoms with Crippen LogP contribution in [0.1, 0.15) is 12.8 Å². The number of fused-ring (bicyclic) bond motifs is 1. The van der Waals surface area contributed by atoms with Gasteiger partial charge in [0.15, 0.2) is 0 Å². The van der Waals surface area contributed by atoms with Gasteiger partial charge in [-0.15, -0.1) is 0 Å². The van der Waals surface area contributed by atoms with Crippen LogP contribution in [0, 0.1) is 0 Å². The maximum atomic E-state index is 13.5. The fourth-order valence-corrected chi connectivity index (χ4v) is 6.61. The molecule has 0 aromatic heterocycles. The van der Waals surface area contributed by atoms with Crippen molar-refractivity contribution in [1.29, 1.82) is 0 Å². The molecule has 0 bridgehead atoms. The number of carbonyl (C=O) groups excluding carboxylic acids is 1. The van der Waals surface area contributed by atoms with Crippen molar-refractivity contribution in [3.63, 3.8) is 0 Å². The summed E-state index contributed by atoms with van der Waals surface area (Å²) in [6, 6.07) is 20.1. The number of benzene rings is 3. The molecule has 1 atom stereocenters. The van der Waals surface area contributed by atoms with Crippen LogP contribution in [0.4, 0.5) is 5.69 Å². The van der Waals surface area contributed by atoms with Crippen LogP contribution in [-0.4, -0.2) is 69.4 Å². The van der Waals surface area contributed by atoms with Crippen LogP contribution in [0.25, 0.3) is 10.8 Å². The lowest BCUT2D eigenvalue weighted by Crippen LogP contribution is -2.54. The molecule has 0 aliphatic carbocycles. The first-order valence-corrected chi connectivity index (χ1v) is 13.1. The van der Waals surface area contributed by atoms with Crippen molar-refractivity contribution in [2.24, 2.45) is 0 Å². The number of hydrogen-bond acceptors (Lipinski definition) is 5. The van der Waals surface area contributed by atoms with Gasteiger partial charge >= 0.3 is 0 Å². The van der Waals surface area contributed by atoms with Crippen LogP contribution in [0.5, 0.6) is 5.75 Å². The zero-order valence-electron chi connectivity index (χ0n) is 19.3. The van der Waals surface area contributed by atoms with Crippen LogP contribution in [0.15, 0.2) is 71.6 Å². The fraction of sp³-hybridized carbons (Fsp3) is 0.346. The van der Waals surface area contributed by atoms with E-state index in [4.69, 9.17) is 4.74 Å². The van der Waals surface area contributed by atoms with Crippen LogP contribution >= 0.6 is 0 Å². The van der Waals surface area contributed by atoms with E-state index in [9.17, 15) is 13.2 Å². The number of amides is 1. The second-order valence-electron chi connectivity index (χ2n) is 8.79. The summed E-state index contributed by atoms with van der Waals surface area (Å²) >= 11 is 0. The Morgan fingerprint density at radius 2 is 1.59 bits per heavy atom. The Bertz CT molecular complexity index is 1280. The summed E-state index contributed by atoms with van der Waals surface area (Å²) in [5, 5.41) is 1.87. The molecule has 3 aromatic rings. The van der Waals surface area contributed by atoms with Gasteiger partial charge in [0.2, 0.25) is 15.9 Å². The number of nitrogens with zero attached hydrogens (tertiary/aromatic N) is 3. The molecule has 3 aromatic carbocycles. The summed E-state index contributed by atoms with van der Waals surface area (Å²) < 4.78 is 33.6. The topological polar surface area (TPSA) is 70.2 Å². The Hall–Kier alpha value is -3.10. The number of sulfonamides is 1. The van der Waals surface area contributed by atoms with E-state index in [1.807, 2.05) is 59.5 Å². The van der Waals surface area contributed by atoms with Gasteiger partial charge in [-0.25, -0.2) is 8.42 Å². The number of ether oxygens (including phenoxy) is 1. The molecule has 5 rings (SSSR count). The van der Waals surface area contributed by atoms with Gasteiger partial charge in [0.05, 0.1) is 12.0 Å². The summed E-state index contributed by atoms with van der Waals surface area (Å²) in [6.07, 6.45) is 1.25. The summed E-state index contributed by atoms with van der Waals surface area (Å²) in [5.41, 5.74) is 1.09. The molecule has 8 heteroatoms. The number of anilines is 1. The molecule has 0 saturated carbocycles. The zero-order valence-corrected chi connectivity index (χ0v) is 20.1. The van der Waals surface area contributed by atoms with Gasteiger partial charge in [0.25, 0.3) is 0 Å². The first-order chi connectivity index (χ1) is 16.5. The maximum absolute atomic E-state index is 13.5. The van der Waals surface area contributed by atoms with Crippen LogP contribution < -0.4 is 9.64 Å². The molecule has 34 heavy (non-hydrogen) atoms. The highest BCUT2D eigenvalue weighted by Gasteiger charge is 2.41. The highest BCUT2D eigenvalue weighted by Crippen LogP contribution is 2.30. The fourth-order valence-electron chi connectivity index (χ4n) is 4.93. The minimum Gasteiger partial charge on any atom is -0.497 e. The lowest BCUT2D eigenvalue weighted by Gasteiger charge is -2.38. The molecule has 178 valence electrons. The Morgan fingerprint density at radius 1 is 0.882 bits per heavy atom. The molecule has 2 aliphatic rings. The number of hydrogen-bond donors (Lipinski definition) is 0. The Labute approximate surface area is 200 Å². The van der Waals surface area contributed by atoms with E-state index in [1.54, 1.807) is 19.2 Å². The number of carbonyl (C=O) groups is 1. The SMILES string of the molecule is COc1ccc(N2CCN(C(=O)[C@H]3CCCN3S(=O)(=O)c3ccc4ccccc4c3)CC2)cc1. The van der Waals surface area contributed by atoms with Crippen molar-refractivity contribution in [2.45, 2.75) is 23.8 Å². The van der Waals surface area contributed by atoms with Gasteiger partial charge in [-0.3, -0.25) is 4.79 Å². The normalized spacial score (nSPS) is 19.5. The predicted octanol–water partition coefficient (Wildman–Crippen LogP) is 3.35. The van der Waals surface area contributed by atoms with E-state index in [-0.39, 0.29) is 10.8 Å². The predicted molar refractivity (Wildman–Crippen MR) is 133 cm³/mol. The second-order valence-corrected chi connectivity index (χ2v) is 10.7. The van der Waals surface area contributed by atoms with E-state index < -0.39 is 16.1 Å². The molecule has 0 radical (unpaired) electrons. The lowest BCUT2D eigenvalue weighted by atomic mass is 10.1. The minimum atomic E-state index is -3.76. The lowest BCUT2D eigenvalue weighted by molar-refractivity contribution is -0.134. The third-order valence-electron chi connectivity index (χ3n) is 6.85. The number of methoxy groups -OCH3 is 1. The first-order valence-electron chi connectivity index (χ1n) is 11.7. The minimum absolute atomic E-state index is 0.0868. The average Bonchev–Trinajstić information content (AvgIpc) is 3.39. The van der Waals surface area contributed by atoms with Gasteiger partial charge in [-0.1, -0.05) is 30.3 Å². The Morgan fingerprint density at radius 3 is 2.29 bits per heavy atom. The van der Waals surface area contributed by atoms with Gasteiger partial charge in [-0.2, -0.15) is 4.31 Å². The molecule has 7 nitrogen and oxygen atoms in total. The van der Waals surface area contributed by atoms with Crippen LogP contribution in [-0.2, 0) is 14.8 Å². The van der Waals surface area contributed by atoms with Crippen molar-refractivity contribution in [1.82, 2.24) is 9.21 Å². The van der Waals surface area contributed by atoms with Crippen molar-refractivity contribution in [3.05, 3.63) is 66.7 Å². The third-order valence-corrected chi connectivity index (χ3v) is 8.75. The molecule has 2 heterocycles. The Balaban J connectivity index is 1.29. The summed E-state index contributed by atoms with van der Waals surface area (Å²) in [5.74, 6) is 0.725. The highest BCUT2D eigenvalue weighted by molar-refractivity contribution is 7.89. The quantitative estimate of drug-likeness (QED) is 0.561. The smallest absolute Gasteiger partial charge is 0.243 e. The number of rotatable bonds is 5. The molecular formula is C26H29N3O4S. The van der Waals surface area contributed by atoms with Gasteiger partial charge < -0.3 is 14.5 Å². The summed E-state index contributed by atoms with van der Waals surface area (Å²) in [6.45, 7) is 2.94. The zero-order chi connectivity index (χ0) is 23.7. The van der Waals surface area contributed by atoms with Crippen LogP contribution in [0.3, 0.4) is 0 Å². The van der Waals surface area contributed by atoms with E-state index >= 15 is 0 Å². The van der Waals surface area contributed by atoms with E-state index in [2.05, 4.69) is 4.90 Å². The van der Waals surface area contributed by atoms with E-state index in [0.29, 0.717) is 45.6 Å².